The molecule has 1 aromatic rings. The quantitative estimate of drug-likeness (QED) is 0.345. The number of ketones is 1. The van der Waals surface area contributed by atoms with Gasteiger partial charge in [0.25, 0.3) is 6.29 Å². The normalized spacial score (nSPS) is 12.0. The number of benzene rings is 1. The summed E-state index contributed by atoms with van der Waals surface area (Å²) in [5, 5.41) is 0. The Balaban J connectivity index is 2.71. The Hall–Kier alpha value is -2.37. The first-order valence-corrected chi connectivity index (χ1v) is 7.40. The Morgan fingerprint density at radius 2 is 1.65 bits per heavy atom. The minimum atomic E-state index is -1.03. The van der Waals surface area contributed by atoms with Gasteiger partial charge in [-0.2, -0.15) is 0 Å². The highest BCUT2D eigenvalue weighted by atomic mass is 16.8. The van der Waals surface area contributed by atoms with Gasteiger partial charge in [0.2, 0.25) is 0 Å². The number of esters is 1. The van der Waals surface area contributed by atoms with Gasteiger partial charge in [-0.3, -0.25) is 9.59 Å². The molecule has 0 N–H and O–H groups in total. The van der Waals surface area contributed by atoms with Crippen molar-refractivity contribution in [1.82, 2.24) is 0 Å². The zero-order chi connectivity index (χ0) is 17.6. The zero-order valence-corrected chi connectivity index (χ0v) is 14.0. The van der Waals surface area contributed by atoms with E-state index in [0.717, 1.165) is 0 Å². The maximum Gasteiger partial charge on any atom is 0.516 e. The van der Waals surface area contributed by atoms with Crippen LogP contribution in [0.5, 0.6) is 5.75 Å². The van der Waals surface area contributed by atoms with Crippen LogP contribution in [0.25, 0.3) is 0 Å². The average Bonchev–Trinajstić information content (AvgIpc) is 2.46. The molecule has 0 radical (unpaired) electrons. The summed E-state index contributed by atoms with van der Waals surface area (Å²) in [6.07, 6.45) is -2.03. The molecule has 1 aromatic carbocycles. The van der Waals surface area contributed by atoms with E-state index >= 15 is 0 Å². The Bertz CT molecular complexity index is 576. The topological polar surface area (TPSA) is 78.9 Å². The molecule has 0 heterocycles. The molecule has 1 rings (SSSR count). The number of ether oxygens (including phenoxy) is 3. The van der Waals surface area contributed by atoms with Gasteiger partial charge in [0.15, 0.2) is 5.78 Å². The number of hydrogen-bond acceptors (Lipinski definition) is 6. The molecular weight excluding hydrogens is 300 g/mol. The van der Waals surface area contributed by atoms with Crippen LogP contribution in [0.15, 0.2) is 24.3 Å². The summed E-state index contributed by atoms with van der Waals surface area (Å²) in [4.78, 5) is 34.8. The van der Waals surface area contributed by atoms with E-state index in [1.807, 2.05) is 0 Å². The summed E-state index contributed by atoms with van der Waals surface area (Å²) < 4.78 is 15.2. The Kier molecular flexibility index (Phi) is 6.75. The lowest BCUT2D eigenvalue weighted by Crippen LogP contribution is -2.32. The van der Waals surface area contributed by atoms with Crippen molar-refractivity contribution in [2.75, 3.05) is 0 Å². The molecule has 0 aliphatic rings. The van der Waals surface area contributed by atoms with Crippen molar-refractivity contribution in [3.05, 3.63) is 29.8 Å². The molecule has 0 saturated heterocycles. The number of rotatable bonds is 6. The van der Waals surface area contributed by atoms with Crippen LogP contribution in [-0.4, -0.2) is 24.2 Å². The average molecular weight is 322 g/mol. The Labute approximate surface area is 135 Å². The van der Waals surface area contributed by atoms with E-state index in [0.29, 0.717) is 5.56 Å². The molecule has 6 nitrogen and oxygen atoms in total. The summed E-state index contributed by atoms with van der Waals surface area (Å²) in [6, 6.07) is 6.17. The van der Waals surface area contributed by atoms with Gasteiger partial charge in [-0.05, 0) is 19.1 Å². The second-order valence-corrected chi connectivity index (χ2v) is 5.76. The van der Waals surface area contributed by atoms with Gasteiger partial charge < -0.3 is 14.2 Å². The molecule has 0 aliphatic heterocycles. The van der Waals surface area contributed by atoms with Crippen molar-refractivity contribution in [1.29, 1.82) is 0 Å². The number of carbonyl (C=O) groups excluding carboxylic acids is 3. The lowest BCUT2D eigenvalue weighted by atomic mass is 10.1. The van der Waals surface area contributed by atoms with E-state index in [1.165, 1.54) is 19.1 Å². The molecule has 0 aromatic heterocycles. The van der Waals surface area contributed by atoms with Gasteiger partial charge in [0, 0.05) is 11.5 Å². The first-order valence-electron chi connectivity index (χ1n) is 7.40. The first-order chi connectivity index (χ1) is 10.7. The molecule has 0 fully saturated rings. The highest BCUT2D eigenvalue weighted by molar-refractivity contribution is 5.94. The highest BCUT2D eigenvalue weighted by Crippen LogP contribution is 2.17. The summed E-state index contributed by atoms with van der Waals surface area (Å²) in [5.74, 6) is -0.984. The fourth-order valence-corrected chi connectivity index (χ4v) is 1.54. The predicted octanol–water partition coefficient (Wildman–Crippen LogP) is 3.59. The van der Waals surface area contributed by atoms with Crippen LogP contribution in [0, 0.1) is 11.8 Å². The number of hydrogen-bond donors (Lipinski definition) is 0. The summed E-state index contributed by atoms with van der Waals surface area (Å²) in [7, 11) is 0. The molecule has 0 bridgehead atoms. The molecule has 0 unspecified atom stereocenters. The summed E-state index contributed by atoms with van der Waals surface area (Å²) in [6.45, 7) is 8.29. The third kappa shape index (κ3) is 6.10. The predicted molar refractivity (Wildman–Crippen MR) is 83.1 cm³/mol. The van der Waals surface area contributed by atoms with Gasteiger partial charge in [0.1, 0.15) is 5.75 Å². The maximum atomic E-state index is 11.8. The van der Waals surface area contributed by atoms with Crippen LogP contribution in [0.4, 0.5) is 4.79 Å². The molecule has 6 heteroatoms. The highest BCUT2D eigenvalue weighted by Gasteiger charge is 2.25. The lowest BCUT2D eigenvalue weighted by molar-refractivity contribution is -0.180. The van der Waals surface area contributed by atoms with Crippen molar-refractivity contribution in [3.63, 3.8) is 0 Å². The summed E-state index contributed by atoms with van der Waals surface area (Å²) >= 11 is 0. The second kappa shape index (κ2) is 8.31. The van der Waals surface area contributed by atoms with Crippen molar-refractivity contribution < 1.29 is 28.6 Å². The summed E-state index contributed by atoms with van der Waals surface area (Å²) in [5.41, 5.74) is 0.418. The van der Waals surface area contributed by atoms with E-state index < -0.39 is 18.4 Å². The van der Waals surface area contributed by atoms with Crippen LogP contribution in [0.2, 0.25) is 0 Å². The Morgan fingerprint density at radius 3 is 2.17 bits per heavy atom. The van der Waals surface area contributed by atoms with Crippen molar-refractivity contribution in [2.45, 2.75) is 40.9 Å². The van der Waals surface area contributed by atoms with Crippen LogP contribution in [-0.2, 0) is 14.3 Å². The second-order valence-electron chi connectivity index (χ2n) is 5.76. The van der Waals surface area contributed by atoms with E-state index in [-0.39, 0.29) is 23.4 Å². The lowest BCUT2D eigenvalue weighted by Gasteiger charge is -2.21. The van der Waals surface area contributed by atoms with Crippen molar-refractivity contribution in [3.8, 4) is 5.75 Å². The monoisotopic (exact) mass is 322 g/mol. The molecule has 1 atom stereocenters. The Morgan fingerprint density at radius 1 is 1.00 bits per heavy atom. The molecule has 0 spiro atoms. The molecule has 0 amide bonds. The van der Waals surface area contributed by atoms with Gasteiger partial charge >= 0.3 is 12.1 Å². The van der Waals surface area contributed by atoms with Gasteiger partial charge in [-0.1, -0.05) is 39.8 Å². The molecule has 126 valence electrons. The minimum absolute atomic E-state index is 0.144. The molecule has 0 saturated carbocycles. The van der Waals surface area contributed by atoms with Gasteiger partial charge in [-0.25, -0.2) is 4.79 Å². The van der Waals surface area contributed by atoms with Crippen LogP contribution < -0.4 is 4.74 Å². The fourth-order valence-electron chi connectivity index (χ4n) is 1.54. The molecular formula is C17H22O6. The number of carbonyl (C=O) groups is 3. The number of Topliss-reactive ketones (excluding diaryl/α,β-unsaturated/α-hetero) is 1. The first kappa shape index (κ1) is 18.7. The van der Waals surface area contributed by atoms with E-state index in [2.05, 4.69) is 0 Å². The smallest absolute Gasteiger partial charge is 0.425 e. The molecule has 23 heavy (non-hydrogen) atoms. The zero-order valence-electron chi connectivity index (χ0n) is 14.0. The van der Waals surface area contributed by atoms with Gasteiger partial charge in [0.05, 0.1) is 5.92 Å². The van der Waals surface area contributed by atoms with E-state index in [1.54, 1.807) is 39.8 Å². The molecule has 0 aliphatic carbocycles. The third-order valence-electron chi connectivity index (χ3n) is 2.90. The standard InChI is InChI=1S/C17H22O6/c1-10(2)15(19)22-16(11(3)4)23-17(20)21-14-8-6-7-13(9-14)12(5)18/h6-11,16H,1-5H3/t16-/m0/s1. The van der Waals surface area contributed by atoms with E-state index in [9.17, 15) is 14.4 Å². The fraction of sp³-hybridized carbons (Fsp3) is 0.471. The van der Waals surface area contributed by atoms with Crippen LogP contribution in [0.3, 0.4) is 0 Å². The minimum Gasteiger partial charge on any atom is -0.425 e. The van der Waals surface area contributed by atoms with Crippen LogP contribution >= 0.6 is 0 Å². The largest absolute Gasteiger partial charge is 0.516 e. The van der Waals surface area contributed by atoms with Crippen molar-refractivity contribution in [2.24, 2.45) is 11.8 Å². The SMILES string of the molecule is CC(=O)c1cccc(OC(=O)O[C@H](OC(=O)C(C)C)C(C)C)c1. The van der Waals surface area contributed by atoms with Gasteiger partial charge in [-0.15, -0.1) is 0 Å². The maximum absolute atomic E-state index is 11.8. The van der Waals surface area contributed by atoms with Crippen molar-refractivity contribution >= 4 is 17.9 Å². The van der Waals surface area contributed by atoms with E-state index in [4.69, 9.17) is 14.2 Å². The third-order valence-corrected chi connectivity index (χ3v) is 2.90. The van der Waals surface area contributed by atoms with Crippen LogP contribution in [0.1, 0.15) is 45.0 Å².